The van der Waals surface area contributed by atoms with E-state index in [0.717, 1.165) is 58.5 Å². The standard InChI is InChI=1S/C22H32N6O/c1-2-27(16-19-10-13-26(15-19)14-18-6-4-3-5-7-18)22(29)21-17-28(25-24-21)20-8-11-23-12-9-20/h3-7,17,19-20,23H,2,8-16H2,1H3. The molecule has 1 amide bonds. The van der Waals surface area contributed by atoms with Crippen LogP contribution in [0.4, 0.5) is 0 Å². The summed E-state index contributed by atoms with van der Waals surface area (Å²) in [7, 11) is 0. The molecule has 1 unspecified atom stereocenters. The average Bonchev–Trinajstić information content (AvgIpc) is 3.43. The summed E-state index contributed by atoms with van der Waals surface area (Å²) < 4.78 is 1.89. The highest BCUT2D eigenvalue weighted by atomic mass is 16.2. The molecule has 1 atom stereocenters. The molecular formula is C22H32N6O. The summed E-state index contributed by atoms with van der Waals surface area (Å²) in [6, 6.07) is 11.0. The molecule has 1 N–H and O–H groups in total. The minimum absolute atomic E-state index is 0.00851. The van der Waals surface area contributed by atoms with Crippen LogP contribution in [-0.4, -0.2) is 70.0 Å². The van der Waals surface area contributed by atoms with E-state index in [1.165, 1.54) is 5.56 Å². The van der Waals surface area contributed by atoms with Crippen LogP contribution >= 0.6 is 0 Å². The van der Waals surface area contributed by atoms with Crippen molar-refractivity contribution in [3.8, 4) is 0 Å². The van der Waals surface area contributed by atoms with Crippen LogP contribution in [0.25, 0.3) is 0 Å². The molecule has 3 heterocycles. The van der Waals surface area contributed by atoms with Crippen LogP contribution in [0.1, 0.15) is 48.3 Å². The van der Waals surface area contributed by atoms with Crippen molar-refractivity contribution in [1.82, 2.24) is 30.1 Å². The van der Waals surface area contributed by atoms with E-state index in [2.05, 4.69) is 50.9 Å². The second-order valence-corrected chi connectivity index (χ2v) is 8.28. The highest BCUT2D eigenvalue weighted by Gasteiger charge is 2.27. The predicted octanol–water partition coefficient (Wildman–Crippen LogP) is 2.19. The van der Waals surface area contributed by atoms with Gasteiger partial charge in [0.2, 0.25) is 0 Å². The van der Waals surface area contributed by atoms with Crippen LogP contribution in [0.3, 0.4) is 0 Å². The Labute approximate surface area is 173 Å². The number of hydrogen-bond donors (Lipinski definition) is 1. The number of hydrogen-bond acceptors (Lipinski definition) is 5. The molecule has 0 saturated carbocycles. The van der Waals surface area contributed by atoms with Gasteiger partial charge in [-0.1, -0.05) is 35.5 Å². The minimum Gasteiger partial charge on any atom is -0.337 e. The van der Waals surface area contributed by atoms with Crippen molar-refractivity contribution >= 4 is 5.91 Å². The van der Waals surface area contributed by atoms with Gasteiger partial charge in [-0.05, 0) is 57.3 Å². The van der Waals surface area contributed by atoms with Crippen molar-refractivity contribution < 1.29 is 4.79 Å². The zero-order chi connectivity index (χ0) is 20.1. The Hall–Kier alpha value is -2.25. The predicted molar refractivity (Wildman–Crippen MR) is 113 cm³/mol. The second kappa shape index (κ2) is 9.50. The highest BCUT2D eigenvalue weighted by Crippen LogP contribution is 2.21. The summed E-state index contributed by atoms with van der Waals surface area (Å²) in [5, 5.41) is 11.8. The van der Waals surface area contributed by atoms with Crippen molar-refractivity contribution in [2.75, 3.05) is 39.3 Å². The normalized spacial score (nSPS) is 20.8. The zero-order valence-electron chi connectivity index (χ0n) is 17.3. The number of amides is 1. The fourth-order valence-corrected chi connectivity index (χ4v) is 4.50. The van der Waals surface area contributed by atoms with Crippen LogP contribution in [0.5, 0.6) is 0 Å². The first-order valence-electron chi connectivity index (χ1n) is 10.9. The van der Waals surface area contributed by atoms with Gasteiger partial charge >= 0.3 is 0 Å². The largest absolute Gasteiger partial charge is 0.337 e. The molecule has 156 valence electrons. The van der Waals surface area contributed by atoms with Gasteiger partial charge in [0.1, 0.15) is 0 Å². The molecule has 7 heteroatoms. The first-order valence-corrected chi connectivity index (χ1v) is 10.9. The monoisotopic (exact) mass is 396 g/mol. The van der Waals surface area contributed by atoms with Gasteiger partial charge in [0.05, 0.1) is 12.2 Å². The summed E-state index contributed by atoms with van der Waals surface area (Å²) in [5.74, 6) is 0.524. The quantitative estimate of drug-likeness (QED) is 0.777. The van der Waals surface area contributed by atoms with Crippen LogP contribution in [0, 0.1) is 5.92 Å². The molecule has 29 heavy (non-hydrogen) atoms. The molecule has 2 fully saturated rings. The van der Waals surface area contributed by atoms with Gasteiger partial charge in [0, 0.05) is 26.2 Å². The molecule has 2 saturated heterocycles. The summed E-state index contributed by atoms with van der Waals surface area (Å²) in [6.07, 6.45) is 5.05. The maximum absolute atomic E-state index is 13.0. The number of piperidine rings is 1. The number of likely N-dealkylation sites (tertiary alicyclic amines) is 1. The Morgan fingerprint density at radius 1 is 1.21 bits per heavy atom. The second-order valence-electron chi connectivity index (χ2n) is 8.28. The lowest BCUT2D eigenvalue weighted by atomic mass is 10.1. The molecule has 0 radical (unpaired) electrons. The molecule has 4 rings (SSSR count). The number of rotatable bonds is 7. The lowest BCUT2D eigenvalue weighted by Gasteiger charge is -2.24. The third kappa shape index (κ3) is 5.03. The van der Waals surface area contributed by atoms with Gasteiger partial charge in [-0.15, -0.1) is 5.10 Å². The summed E-state index contributed by atoms with van der Waals surface area (Å²) in [5.41, 5.74) is 1.83. The fraction of sp³-hybridized carbons (Fsp3) is 0.591. The Balaban J connectivity index is 1.32. The van der Waals surface area contributed by atoms with Gasteiger partial charge in [0.25, 0.3) is 5.91 Å². The molecule has 1 aromatic carbocycles. The Morgan fingerprint density at radius 3 is 2.76 bits per heavy atom. The van der Waals surface area contributed by atoms with Gasteiger partial charge in [0.15, 0.2) is 5.69 Å². The zero-order valence-corrected chi connectivity index (χ0v) is 17.3. The SMILES string of the molecule is CCN(CC1CCN(Cc2ccccc2)C1)C(=O)c1cn(C2CCNCC2)nn1. The molecule has 2 aliphatic heterocycles. The highest BCUT2D eigenvalue weighted by molar-refractivity contribution is 5.91. The lowest BCUT2D eigenvalue weighted by Crippen LogP contribution is -2.36. The number of nitrogens with zero attached hydrogens (tertiary/aromatic N) is 5. The first kappa shape index (κ1) is 20.0. The van der Waals surface area contributed by atoms with Gasteiger partial charge in [-0.2, -0.15) is 0 Å². The molecular weight excluding hydrogens is 364 g/mol. The molecule has 0 spiro atoms. The maximum Gasteiger partial charge on any atom is 0.276 e. The summed E-state index contributed by atoms with van der Waals surface area (Å²) >= 11 is 0. The smallest absolute Gasteiger partial charge is 0.276 e. The van der Waals surface area contributed by atoms with Crippen LogP contribution in [-0.2, 0) is 6.54 Å². The summed E-state index contributed by atoms with van der Waals surface area (Å²) in [6.45, 7) is 8.66. The molecule has 0 aliphatic carbocycles. The number of carbonyl (C=O) groups excluding carboxylic acids is 1. The van der Waals surface area contributed by atoms with Crippen LogP contribution in [0.15, 0.2) is 36.5 Å². The van der Waals surface area contributed by atoms with E-state index in [0.29, 0.717) is 24.2 Å². The number of aromatic nitrogens is 3. The number of benzene rings is 1. The summed E-state index contributed by atoms with van der Waals surface area (Å²) in [4.78, 5) is 17.4. The van der Waals surface area contributed by atoms with Gasteiger partial charge in [-0.25, -0.2) is 4.68 Å². The third-order valence-electron chi connectivity index (χ3n) is 6.18. The van der Waals surface area contributed by atoms with Crippen molar-refractivity contribution in [3.05, 3.63) is 47.8 Å². The lowest BCUT2D eigenvalue weighted by molar-refractivity contribution is 0.0732. The van der Waals surface area contributed by atoms with Gasteiger partial charge < -0.3 is 10.2 Å². The van der Waals surface area contributed by atoms with E-state index in [-0.39, 0.29) is 5.91 Å². The van der Waals surface area contributed by atoms with E-state index in [9.17, 15) is 4.79 Å². The Bertz CT molecular complexity index is 786. The number of nitrogens with one attached hydrogen (secondary N) is 1. The first-order chi connectivity index (χ1) is 14.2. The van der Waals surface area contributed by atoms with Gasteiger partial charge in [-0.3, -0.25) is 9.69 Å². The van der Waals surface area contributed by atoms with Crippen molar-refractivity contribution in [1.29, 1.82) is 0 Å². The van der Waals surface area contributed by atoms with E-state index in [4.69, 9.17) is 0 Å². The van der Waals surface area contributed by atoms with E-state index >= 15 is 0 Å². The minimum atomic E-state index is 0.00851. The topological polar surface area (TPSA) is 66.3 Å². The average molecular weight is 397 g/mol. The molecule has 2 aliphatic rings. The van der Waals surface area contributed by atoms with Crippen molar-refractivity contribution in [2.45, 2.75) is 38.8 Å². The molecule has 7 nitrogen and oxygen atoms in total. The third-order valence-corrected chi connectivity index (χ3v) is 6.18. The van der Waals surface area contributed by atoms with Crippen molar-refractivity contribution in [3.63, 3.8) is 0 Å². The Kier molecular flexibility index (Phi) is 6.56. The van der Waals surface area contributed by atoms with E-state index in [1.54, 1.807) is 0 Å². The molecule has 2 aromatic rings. The Morgan fingerprint density at radius 2 is 2.00 bits per heavy atom. The van der Waals surface area contributed by atoms with Crippen molar-refractivity contribution in [2.24, 2.45) is 5.92 Å². The van der Waals surface area contributed by atoms with Crippen LogP contribution < -0.4 is 5.32 Å². The molecule has 0 bridgehead atoms. The van der Waals surface area contributed by atoms with Crippen LogP contribution in [0.2, 0.25) is 0 Å². The van der Waals surface area contributed by atoms with E-state index < -0.39 is 0 Å². The maximum atomic E-state index is 13.0. The number of carbonyl (C=O) groups is 1. The fourth-order valence-electron chi connectivity index (χ4n) is 4.50. The molecule has 1 aromatic heterocycles. The van der Waals surface area contributed by atoms with E-state index in [1.807, 2.05) is 22.7 Å².